The topological polar surface area (TPSA) is 170 Å². The maximum atomic E-state index is 14.8. The van der Waals surface area contributed by atoms with E-state index in [1.54, 1.807) is 34.6 Å². The summed E-state index contributed by atoms with van der Waals surface area (Å²) < 4.78 is 48.8. The van der Waals surface area contributed by atoms with Gasteiger partial charge in [-0.05, 0) is 123 Å². The predicted molar refractivity (Wildman–Crippen MR) is 236 cm³/mol. The molecule has 3 unspecified atom stereocenters. The first-order valence-electron chi connectivity index (χ1n) is 24.3. The van der Waals surface area contributed by atoms with E-state index < -0.39 is 89.6 Å². The van der Waals surface area contributed by atoms with Crippen LogP contribution in [0.25, 0.3) is 0 Å². The number of likely N-dealkylation sites (N-methyl/N-ethyl adjacent to an activating group) is 1. The molecule has 4 saturated carbocycles. The number of esters is 3. The number of hydrogen-bond acceptors (Lipinski definition) is 14. The summed E-state index contributed by atoms with van der Waals surface area (Å²) in [5.41, 5.74) is -1.19. The van der Waals surface area contributed by atoms with Crippen molar-refractivity contribution in [3.63, 3.8) is 0 Å². The molecule has 15 nitrogen and oxygen atoms in total. The fraction of sp³-hybridized carbons (Fsp3) is 0.857. The van der Waals surface area contributed by atoms with Crippen LogP contribution in [-0.4, -0.2) is 117 Å². The van der Waals surface area contributed by atoms with Crippen molar-refractivity contribution in [2.45, 2.75) is 213 Å². The molecule has 64 heavy (non-hydrogen) atoms. The van der Waals surface area contributed by atoms with E-state index in [1.165, 1.54) is 19.3 Å². The molecule has 4 heterocycles. The van der Waals surface area contributed by atoms with Crippen LogP contribution in [0, 0.1) is 41.4 Å². The van der Waals surface area contributed by atoms with Gasteiger partial charge in [-0.3, -0.25) is 14.4 Å². The Morgan fingerprint density at radius 2 is 1.62 bits per heavy atom. The molecule has 1 N–H and O–H groups in total. The molecule has 0 amide bonds. The molecule has 6 bridgehead atoms. The van der Waals surface area contributed by atoms with E-state index in [2.05, 4.69) is 9.78 Å². The van der Waals surface area contributed by atoms with Crippen LogP contribution in [0.1, 0.15) is 146 Å². The van der Waals surface area contributed by atoms with Crippen LogP contribution in [0.5, 0.6) is 0 Å². The summed E-state index contributed by atoms with van der Waals surface area (Å²) in [5.74, 6) is -1.49. The largest absolute Gasteiger partial charge is 0.488 e. The van der Waals surface area contributed by atoms with Gasteiger partial charge in [-0.25, -0.2) is 4.68 Å². The third kappa shape index (κ3) is 9.40. The lowest BCUT2D eigenvalue weighted by Gasteiger charge is -2.56. The second kappa shape index (κ2) is 18.9. The smallest absolute Gasteiger partial charge is 0.311 e. The molecule has 0 radical (unpaired) electrons. The summed E-state index contributed by atoms with van der Waals surface area (Å²) in [6.45, 7) is 20.3. The second-order valence-electron chi connectivity index (χ2n) is 21.7. The highest BCUT2D eigenvalue weighted by Crippen LogP contribution is 2.58. The Morgan fingerprint density at radius 3 is 2.20 bits per heavy atom. The van der Waals surface area contributed by atoms with Crippen LogP contribution in [0.15, 0.2) is 17.5 Å². The monoisotopic (exact) mass is 899 g/mol. The van der Waals surface area contributed by atoms with E-state index in [4.69, 9.17) is 38.4 Å². The third-order valence-electron chi connectivity index (χ3n) is 15.9. The highest BCUT2D eigenvalue weighted by atomic mass is 16.7. The van der Waals surface area contributed by atoms with Crippen molar-refractivity contribution in [1.29, 1.82) is 0 Å². The van der Waals surface area contributed by atoms with E-state index in [1.807, 2.05) is 66.7 Å². The summed E-state index contributed by atoms with van der Waals surface area (Å²) in [4.78, 5) is 43.8. The molecule has 360 valence electrons. The molecular weight excluding hydrogens is 821 g/mol. The Balaban J connectivity index is 1.29. The zero-order valence-corrected chi connectivity index (χ0v) is 40.8. The quantitative estimate of drug-likeness (QED) is 0.170. The lowest BCUT2D eigenvalue weighted by Crippen LogP contribution is -2.59. The van der Waals surface area contributed by atoms with Crippen LogP contribution in [0.2, 0.25) is 0 Å². The molecule has 0 spiro atoms. The molecule has 2 saturated heterocycles. The van der Waals surface area contributed by atoms with Gasteiger partial charge in [0.2, 0.25) is 0 Å². The number of carbonyl (C=O) groups is 3. The second-order valence-corrected chi connectivity index (χ2v) is 21.7. The number of fused-ring (bicyclic) bond motifs is 2. The minimum absolute atomic E-state index is 0.0180. The number of rotatable bonds is 12. The number of ether oxygens (including phenoxy) is 7. The van der Waals surface area contributed by atoms with Crippen molar-refractivity contribution in [2.75, 3.05) is 14.1 Å². The highest BCUT2D eigenvalue weighted by molar-refractivity contribution is 5.74. The zero-order chi connectivity index (χ0) is 46.6. The first-order chi connectivity index (χ1) is 30.1. The van der Waals surface area contributed by atoms with Gasteiger partial charge in [0.25, 0.3) is 0 Å². The molecule has 4 aliphatic carbocycles. The first kappa shape index (κ1) is 48.8. The van der Waals surface area contributed by atoms with E-state index in [9.17, 15) is 19.5 Å². The lowest BCUT2D eigenvalue weighted by molar-refractivity contribution is -0.299. The van der Waals surface area contributed by atoms with Crippen molar-refractivity contribution in [1.82, 2.24) is 19.9 Å². The van der Waals surface area contributed by atoms with E-state index in [-0.39, 0.29) is 37.1 Å². The molecule has 7 aliphatic rings. The van der Waals surface area contributed by atoms with Crippen LogP contribution < -0.4 is 0 Å². The predicted octanol–water partition coefficient (Wildman–Crippen LogP) is 6.88. The molecule has 6 fully saturated rings. The Bertz CT molecular complexity index is 1850. The number of nitrogens with zero attached hydrogens (tertiary/aromatic N) is 4. The summed E-state index contributed by atoms with van der Waals surface area (Å²) in [5, 5.41) is 21.2. The van der Waals surface area contributed by atoms with E-state index in [0.717, 1.165) is 42.6 Å². The molecule has 1 aromatic heterocycles. The van der Waals surface area contributed by atoms with Gasteiger partial charge in [0.05, 0.1) is 48.3 Å². The van der Waals surface area contributed by atoms with E-state index in [0.29, 0.717) is 24.3 Å². The maximum Gasteiger partial charge on any atom is 0.311 e. The molecule has 1 aromatic rings. The van der Waals surface area contributed by atoms with Gasteiger partial charge < -0.3 is 43.2 Å². The Labute approximate surface area is 380 Å². The fourth-order valence-corrected chi connectivity index (χ4v) is 13.0. The summed E-state index contributed by atoms with van der Waals surface area (Å²) in [6.07, 6.45) is 4.59. The SMILES string of the molecule is CCC(=O)O[C@]1(C)C(CC)OC(=O)[C@H](C)C(OCc2cn(C34CC5CC(CC(C5)C3)C4)nn2)[C@H](C)[C@@H](O[C@@H]2O[C@H](C)C[C@H](N(C)C)[C@H]2O)C2(C)CC(C)=C(O2)[C@H](C)[C@H]1OC(=O)C(C)C. The van der Waals surface area contributed by atoms with Crippen molar-refractivity contribution >= 4 is 17.9 Å². The standard InChI is InChI=1S/C49H78N4O11/c1-14-37-48(11,63-38(54)15-2)43(61-44(56)26(3)4)29(7)40-27(5)20-47(10,64-40)42(62-46-39(55)36(52(12)13)16-28(6)59-46)30(8)41(31(9)45(57)60-37)58-25-35-24-53(51-50-35)49-21-32-17-33(22-49)19-34(18-32)23-49/h24,26,28-34,36-37,39,41-43,46,55H,14-23,25H2,1-13H3/t28-,29+,30+,31-,32?,33?,34?,36+,37?,39-,41?,42-,43-,46+,47?,48-,49?/m1/s1. The highest BCUT2D eigenvalue weighted by Gasteiger charge is 2.58. The minimum atomic E-state index is -1.63. The van der Waals surface area contributed by atoms with Gasteiger partial charge >= 0.3 is 17.9 Å². The zero-order valence-electron chi connectivity index (χ0n) is 40.8. The summed E-state index contributed by atoms with van der Waals surface area (Å²) >= 11 is 0. The minimum Gasteiger partial charge on any atom is -0.488 e. The van der Waals surface area contributed by atoms with Gasteiger partial charge in [-0.1, -0.05) is 46.8 Å². The van der Waals surface area contributed by atoms with E-state index >= 15 is 0 Å². The lowest BCUT2D eigenvalue weighted by atomic mass is 9.53. The van der Waals surface area contributed by atoms with Crippen molar-refractivity contribution in [3.8, 4) is 0 Å². The van der Waals surface area contributed by atoms with Crippen molar-refractivity contribution < 1.29 is 52.6 Å². The Hall–Kier alpha value is -3.11. The molecule has 0 aromatic carbocycles. The van der Waals surface area contributed by atoms with Gasteiger partial charge in [0.1, 0.15) is 35.4 Å². The van der Waals surface area contributed by atoms with Crippen molar-refractivity contribution in [2.24, 2.45) is 41.4 Å². The number of carbonyl (C=O) groups excluding carboxylic acids is 3. The third-order valence-corrected chi connectivity index (χ3v) is 15.9. The Morgan fingerprint density at radius 1 is 0.984 bits per heavy atom. The molecular formula is C49H78N4O11. The fourth-order valence-electron chi connectivity index (χ4n) is 13.0. The van der Waals surface area contributed by atoms with Crippen LogP contribution >= 0.6 is 0 Å². The van der Waals surface area contributed by atoms with Crippen LogP contribution in [0.3, 0.4) is 0 Å². The molecule has 8 rings (SSSR count). The average molecular weight is 899 g/mol. The number of hydrogen-bond donors (Lipinski definition) is 1. The maximum absolute atomic E-state index is 14.8. The van der Waals surface area contributed by atoms with Crippen LogP contribution in [0.4, 0.5) is 0 Å². The number of aliphatic hydroxyl groups excluding tert-OH is 1. The number of aromatic nitrogens is 3. The molecule has 13 atom stereocenters. The Kier molecular flexibility index (Phi) is 14.4. The summed E-state index contributed by atoms with van der Waals surface area (Å²) in [6, 6.07) is -0.241. The van der Waals surface area contributed by atoms with Crippen LogP contribution in [-0.2, 0) is 59.7 Å². The number of aliphatic hydroxyl groups is 1. The van der Waals surface area contributed by atoms with Crippen molar-refractivity contribution in [3.05, 3.63) is 23.2 Å². The molecule has 3 aliphatic heterocycles. The summed E-state index contributed by atoms with van der Waals surface area (Å²) in [7, 11) is 3.86. The number of cyclic esters (lactones) is 1. The van der Waals surface area contributed by atoms with Gasteiger partial charge in [0.15, 0.2) is 18.0 Å². The molecule has 15 heteroatoms. The average Bonchev–Trinajstić information content (AvgIpc) is 3.84. The van der Waals surface area contributed by atoms with Gasteiger partial charge in [-0.15, -0.1) is 5.10 Å². The van der Waals surface area contributed by atoms with Gasteiger partial charge in [0, 0.05) is 24.8 Å². The van der Waals surface area contributed by atoms with Gasteiger partial charge in [-0.2, -0.15) is 0 Å². The normalized spacial score (nSPS) is 42.5. The first-order valence-corrected chi connectivity index (χ1v) is 24.3.